The van der Waals surface area contributed by atoms with Crippen LogP contribution in [0.2, 0.25) is 0 Å². The molecule has 0 amide bonds. The Morgan fingerprint density at radius 1 is 1.15 bits per heavy atom. The number of nitrogens with zero attached hydrogens (tertiary/aromatic N) is 1. The molecule has 0 heterocycles. The number of thiol groups is 1. The van der Waals surface area contributed by atoms with E-state index in [4.69, 9.17) is 12.2 Å². The molecule has 0 saturated heterocycles. The molecule has 0 spiro atoms. The van der Waals surface area contributed by atoms with Crippen LogP contribution in [0.25, 0.3) is 0 Å². The van der Waals surface area contributed by atoms with Crippen LogP contribution < -0.4 is 0 Å². The fraction of sp³-hybridized carbons (Fsp3) is 0.889. The second kappa shape index (κ2) is 11.6. The Hall–Kier alpha value is 1.50. The van der Waals surface area contributed by atoms with Gasteiger partial charge in [0.05, 0.1) is 0 Å². The number of hydrogen-bond acceptors (Lipinski definition) is 1. The molecule has 0 fully saturated rings. The van der Waals surface area contributed by atoms with E-state index >= 15 is 0 Å². The summed E-state index contributed by atoms with van der Waals surface area (Å²) in [5.41, 5.74) is 0. The number of rotatable bonds is 6. The molecule has 1 nitrogen and oxygen atoms in total. The second-order valence-corrected chi connectivity index (χ2v) is 4.09. The first-order chi connectivity index (χ1) is 5.72. The van der Waals surface area contributed by atoms with Gasteiger partial charge in [-0.15, -0.1) is 12.6 Å². The number of hydrogen-bond donors (Lipinski definition) is 1. The molecule has 76 valence electrons. The van der Waals surface area contributed by atoms with Gasteiger partial charge in [0, 0.05) is 13.1 Å². The number of unbranched alkanes of at least 4 members (excludes halogenated alkanes) is 2. The molecular weight excluding hydrogens is 226 g/mol. The molecule has 0 bridgehead atoms. The molecule has 13 heavy (non-hydrogen) atoms. The van der Waals surface area contributed by atoms with Crippen molar-refractivity contribution in [3.8, 4) is 0 Å². The van der Waals surface area contributed by atoms with Gasteiger partial charge in [0.2, 0.25) is 0 Å². The van der Waals surface area contributed by atoms with E-state index in [1.54, 1.807) is 0 Å². The summed E-state index contributed by atoms with van der Waals surface area (Å²) in [5.74, 6) is 0. The van der Waals surface area contributed by atoms with E-state index in [2.05, 4.69) is 31.4 Å². The first-order valence-electron chi connectivity index (χ1n) is 4.70. The summed E-state index contributed by atoms with van der Waals surface area (Å²) >= 11 is 9.23. The molecule has 0 aliphatic rings. The summed E-state index contributed by atoms with van der Waals surface area (Å²) in [6.45, 7) is 6.52. The molecule has 0 atom stereocenters. The Morgan fingerprint density at radius 2 is 1.54 bits per heavy atom. The van der Waals surface area contributed by atoms with E-state index in [1.807, 2.05) is 0 Å². The van der Waals surface area contributed by atoms with E-state index < -0.39 is 0 Å². The third kappa shape index (κ3) is 9.80. The Labute approximate surface area is 123 Å². The molecule has 0 aromatic carbocycles. The quantitative estimate of drug-likeness (QED) is 0.435. The first-order valence-corrected chi connectivity index (χ1v) is 5.55. The second-order valence-electron chi connectivity index (χ2n) is 2.98. The summed E-state index contributed by atoms with van der Waals surface area (Å²) < 4.78 is 0.747. The van der Waals surface area contributed by atoms with Gasteiger partial charge >= 0.3 is 37.7 Å². The third-order valence-electron chi connectivity index (χ3n) is 1.83. The monoisotopic (exact) mass is 247 g/mol. The average Bonchev–Trinajstić information content (AvgIpc) is 2.04. The van der Waals surface area contributed by atoms with Crippen molar-refractivity contribution in [1.82, 2.24) is 4.90 Å². The van der Waals surface area contributed by atoms with Crippen LogP contribution >= 0.6 is 24.8 Å². The van der Waals surface area contributed by atoms with Crippen molar-refractivity contribution < 1.29 is 0 Å². The average molecular weight is 247 g/mol. The van der Waals surface area contributed by atoms with Crippen LogP contribution in [0.4, 0.5) is 0 Å². The molecule has 4 heteroatoms. The van der Waals surface area contributed by atoms with Crippen LogP contribution in [0.5, 0.6) is 0 Å². The Balaban J connectivity index is 0. The van der Waals surface area contributed by atoms with Crippen LogP contribution in [0.1, 0.15) is 39.5 Å². The minimum absolute atomic E-state index is 0. The third-order valence-corrected chi connectivity index (χ3v) is 2.37. The zero-order valence-electron chi connectivity index (χ0n) is 8.05. The van der Waals surface area contributed by atoms with Crippen molar-refractivity contribution in [2.24, 2.45) is 0 Å². The standard InChI is InChI=1S/C9H19NS2.Ca.2H/c1-3-5-7-10(9(11)12)8-6-4-2;;;/h3-8H2,1-2H3,(H,11,12);;;. The molecule has 0 aliphatic carbocycles. The molecular formula is C9H21CaNS2. The minimum atomic E-state index is 0. The molecule has 0 aromatic rings. The molecule has 0 N–H and O–H groups in total. The Bertz CT molecular complexity index is 123. The van der Waals surface area contributed by atoms with Crippen LogP contribution in [-0.4, -0.2) is 60.0 Å². The zero-order valence-corrected chi connectivity index (χ0v) is 9.76. The Morgan fingerprint density at radius 3 is 1.77 bits per heavy atom. The molecule has 0 rings (SSSR count). The van der Waals surface area contributed by atoms with Crippen LogP contribution in [0.15, 0.2) is 0 Å². The van der Waals surface area contributed by atoms with Crippen molar-refractivity contribution in [2.75, 3.05) is 13.1 Å². The molecule has 0 aromatic heterocycles. The van der Waals surface area contributed by atoms with Gasteiger partial charge in [0.15, 0.2) is 0 Å². The van der Waals surface area contributed by atoms with E-state index in [0.29, 0.717) is 0 Å². The van der Waals surface area contributed by atoms with Crippen LogP contribution in [0.3, 0.4) is 0 Å². The summed E-state index contributed by atoms with van der Waals surface area (Å²) in [6, 6.07) is 0. The van der Waals surface area contributed by atoms with Crippen LogP contribution in [0, 0.1) is 0 Å². The van der Waals surface area contributed by atoms with Crippen molar-refractivity contribution in [1.29, 1.82) is 0 Å². The maximum absolute atomic E-state index is 5.03. The van der Waals surface area contributed by atoms with Crippen molar-refractivity contribution in [3.63, 3.8) is 0 Å². The van der Waals surface area contributed by atoms with Crippen molar-refractivity contribution in [2.45, 2.75) is 39.5 Å². The SMILES string of the molecule is CCCCN(CCCC)C(=S)S.[CaH2]. The van der Waals surface area contributed by atoms with Gasteiger partial charge in [-0.3, -0.25) is 0 Å². The molecule has 0 radical (unpaired) electrons. The predicted molar refractivity (Wildman–Crippen MR) is 71.5 cm³/mol. The van der Waals surface area contributed by atoms with Gasteiger partial charge in [0.1, 0.15) is 4.32 Å². The fourth-order valence-electron chi connectivity index (χ4n) is 1.00. The topological polar surface area (TPSA) is 3.24 Å². The summed E-state index contributed by atoms with van der Waals surface area (Å²) in [4.78, 5) is 2.19. The van der Waals surface area contributed by atoms with E-state index in [1.165, 1.54) is 25.7 Å². The summed E-state index contributed by atoms with van der Waals surface area (Å²) in [7, 11) is 0. The van der Waals surface area contributed by atoms with E-state index in [0.717, 1.165) is 17.4 Å². The first kappa shape index (κ1) is 16.9. The normalized spacial score (nSPS) is 9.15. The summed E-state index contributed by atoms with van der Waals surface area (Å²) in [5, 5.41) is 0. The fourth-order valence-corrected chi connectivity index (χ4v) is 1.38. The van der Waals surface area contributed by atoms with Gasteiger partial charge in [-0.25, -0.2) is 0 Å². The van der Waals surface area contributed by atoms with Crippen molar-refractivity contribution in [3.05, 3.63) is 0 Å². The van der Waals surface area contributed by atoms with E-state index in [-0.39, 0.29) is 37.7 Å². The predicted octanol–water partition coefficient (Wildman–Crippen LogP) is 2.19. The van der Waals surface area contributed by atoms with Gasteiger partial charge < -0.3 is 4.90 Å². The van der Waals surface area contributed by atoms with Gasteiger partial charge in [-0.1, -0.05) is 38.9 Å². The molecule has 0 unspecified atom stereocenters. The van der Waals surface area contributed by atoms with Gasteiger partial charge in [-0.2, -0.15) is 0 Å². The zero-order chi connectivity index (χ0) is 9.40. The van der Waals surface area contributed by atoms with Crippen molar-refractivity contribution >= 4 is 66.9 Å². The molecule has 0 saturated carbocycles. The van der Waals surface area contributed by atoms with Crippen LogP contribution in [-0.2, 0) is 0 Å². The maximum atomic E-state index is 5.03. The molecule has 0 aliphatic heterocycles. The van der Waals surface area contributed by atoms with Gasteiger partial charge in [0.25, 0.3) is 0 Å². The summed E-state index contributed by atoms with van der Waals surface area (Å²) in [6.07, 6.45) is 4.87. The number of thiocarbonyl (C=S) groups is 1. The van der Waals surface area contributed by atoms with Gasteiger partial charge in [-0.05, 0) is 12.8 Å². The Kier molecular flexibility index (Phi) is 15.1. The van der Waals surface area contributed by atoms with E-state index in [9.17, 15) is 0 Å².